The van der Waals surface area contributed by atoms with E-state index in [0.29, 0.717) is 35.0 Å². The number of hydrogen-bond donors (Lipinski definition) is 4. The average molecular weight is 575 g/mol. The van der Waals surface area contributed by atoms with Crippen molar-refractivity contribution in [1.29, 1.82) is 0 Å². The summed E-state index contributed by atoms with van der Waals surface area (Å²) in [5.41, 5.74) is 4.11. The number of aliphatic hydroxyl groups is 2. The van der Waals surface area contributed by atoms with Crippen molar-refractivity contribution in [2.24, 2.45) is 0 Å². The van der Waals surface area contributed by atoms with Gasteiger partial charge in [0.05, 0.1) is 20.5 Å². The molecule has 4 N–H and O–H groups in total. The van der Waals surface area contributed by atoms with Crippen LogP contribution < -0.4 is 20.1 Å². The number of benzene rings is 2. The van der Waals surface area contributed by atoms with Crippen LogP contribution in [-0.4, -0.2) is 80.8 Å². The summed E-state index contributed by atoms with van der Waals surface area (Å²) >= 11 is 0. The lowest BCUT2D eigenvalue weighted by Gasteiger charge is -2.22. The number of anilines is 1. The van der Waals surface area contributed by atoms with Gasteiger partial charge in [-0.3, -0.25) is 9.36 Å². The van der Waals surface area contributed by atoms with Gasteiger partial charge in [-0.25, -0.2) is 15.0 Å². The third-order valence-corrected chi connectivity index (χ3v) is 7.87. The molecule has 12 nitrogen and oxygen atoms in total. The molecule has 2 aromatic heterocycles. The van der Waals surface area contributed by atoms with Crippen LogP contribution in [0.3, 0.4) is 0 Å². The Kier molecular flexibility index (Phi) is 7.67. The summed E-state index contributed by atoms with van der Waals surface area (Å²) in [6.07, 6.45) is -0.320. The van der Waals surface area contributed by atoms with E-state index in [1.165, 1.54) is 17.2 Å². The number of imidazole rings is 1. The van der Waals surface area contributed by atoms with Crippen LogP contribution in [0.4, 0.5) is 5.82 Å². The number of fused-ring (bicyclic) bond motifs is 1. The van der Waals surface area contributed by atoms with Crippen molar-refractivity contribution in [1.82, 2.24) is 24.8 Å². The maximum Gasteiger partial charge on any atom is 0.252 e. The van der Waals surface area contributed by atoms with E-state index >= 15 is 0 Å². The minimum absolute atomic E-state index is 0.0943. The Morgan fingerprint density at radius 2 is 1.81 bits per heavy atom. The second kappa shape index (κ2) is 11.6. The van der Waals surface area contributed by atoms with E-state index < -0.39 is 30.4 Å². The average Bonchev–Trinajstić information content (AvgIpc) is 3.64. The molecule has 4 aromatic rings. The topological polar surface area (TPSA) is 153 Å². The first-order chi connectivity index (χ1) is 20.4. The molecular formula is C30H34N6O6. The monoisotopic (exact) mass is 574 g/mol. The van der Waals surface area contributed by atoms with Crippen molar-refractivity contribution in [3.63, 3.8) is 0 Å². The van der Waals surface area contributed by atoms with E-state index in [0.717, 1.165) is 29.5 Å². The van der Waals surface area contributed by atoms with E-state index in [1.807, 2.05) is 30.3 Å². The lowest BCUT2D eigenvalue weighted by Crippen LogP contribution is -2.43. The zero-order valence-electron chi connectivity index (χ0n) is 23.6. The van der Waals surface area contributed by atoms with Crippen LogP contribution >= 0.6 is 0 Å². The first-order valence-electron chi connectivity index (χ1n) is 13.9. The largest absolute Gasteiger partial charge is 0.497 e. The van der Waals surface area contributed by atoms with Crippen molar-refractivity contribution in [2.75, 3.05) is 26.1 Å². The van der Waals surface area contributed by atoms with Crippen LogP contribution in [0.1, 0.15) is 41.7 Å². The number of amides is 1. The van der Waals surface area contributed by atoms with Crippen molar-refractivity contribution in [3.8, 4) is 11.5 Å². The van der Waals surface area contributed by atoms with E-state index in [2.05, 4.69) is 44.6 Å². The predicted octanol–water partition coefficient (Wildman–Crippen LogP) is 2.29. The lowest BCUT2D eigenvalue weighted by molar-refractivity contribution is -0.137. The number of nitrogens with zero attached hydrogens (tertiary/aromatic N) is 4. The summed E-state index contributed by atoms with van der Waals surface area (Å²) in [6, 6.07) is 14.1. The summed E-state index contributed by atoms with van der Waals surface area (Å²) in [5.74, 6) is 1.33. The van der Waals surface area contributed by atoms with Crippen LogP contribution in [0.2, 0.25) is 0 Å². The van der Waals surface area contributed by atoms with Gasteiger partial charge in [0.2, 0.25) is 0 Å². The zero-order valence-corrected chi connectivity index (χ0v) is 23.6. The van der Waals surface area contributed by atoms with Crippen molar-refractivity contribution >= 4 is 22.9 Å². The van der Waals surface area contributed by atoms with Gasteiger partial charge in [0.15, 0.2) is 29.3 Å². The highest BCUT2D eigenvalue weighted by Crippen LogP contribution is 2.35. The molecule has 2 unspecified atom stereocenters. The SMILES string of the molecule is COc1cc(OC)cc(C(CNc2ncnc3c2ncn3C2O[C@H](C(=O)NC3CC3)[C@@H](O)[C@H]2O)c2ccccc2C)c1. The molecule has 1 saturated carbocycles. The number of nitrogens with one attached hydrogen (secondary N) is 2. The summed E-state index contributed by atoms with van der Waals surface area (Å²) in [5, 5.41) is 27.6. The Labute approximate surface area is 242 Å². The number of hydrogen-bond acceptors (Lipinski definition) is 10. The summed E-state index contributed by atoms with van der Waals surface area (Å²) < 4.78 is 18.4. The summed E-state index contributed by atoms with van der Waals surface area (Å²) in [7, 11) is 3.25. The van der Waals surface area contributed by atoms with Crippen molar-refractivity contribution in [3.05, 3.63) is 71.8 Å². The second-order valence-corrected chi connectivity index (χ2v) is 10.7. The van der Waals surface area contributed by atoms with Gasteiger partial charge in [-0.2, -0.15) is 0 Å². The summed E-state index contributed by atoms with van der Waals surface area (Å²) in [4.78, 5) is 25.9. The second-order valence-electron chi connectivity index (χ2n) is 10.7. The van der Waals surface area contributed by atoms with Gasteiger partial charge in [0, 0.05) is 24.6 Å². The fraction of sp³-hybridized carbons (Fsp3) is 0.400. The van der Waals surface area contributed by atoms with Crippen LogP contribution in [-0.2, 0) is 9.53 Å². The number of aryl methyl sites for hydroxylation is 1. The van der Waals surface area contributed by atoms with E-state index in [-0.39, 0.29) is 12.0 Å². The molecule has 0 bridgehead atoms. The molecule has 2 aromatic carbocycles. The quantitative estimate of drug-likeness (QED) is 0.222. The number of methoxy groups -OCH3 is 2. The standard InChI is InChI=1S/C30H34N6O6/c1-16-6-4-5-7-21(16)22(17-10-19(40-2)12-20(11-17)41-3)13-31-27-23-28(33-14-32-27)36(15-34-23)30-25(38)24(37)26(42-30)29(39)35-18-8-9-18/h4-7,10-12,14-15,18,22,24-26,30,37-38H,8-9,13H2,1-3H3,(H,35,39)(H,31,32,33)/t22?,24-,25+,26-,30?/m0/s1. The number of carbonyl (C=O) groups excluding carboxylic acids is 1. The molecule has 5 atom stereocenters. The lowest BCUT2D eigenvalue weighted by atomic mass is 9.88. The Bertz CT molecular complexity index is 1570. The molecule has 1 aliphatic carbocycles. The smallest absolute Gasteiger partial charge is 0.252 e. The summed E-state index contributed by atoms with van der Waals surface area (Å²) in [6.45, 7) is 2.54. The van der Waals surface area contributed by atoms with E-state index in [4.69, 9.17) is 14.2 Å². The Morgan fingerprint density at radius 1 is 1.07 bits per heavy atom. The fourth-order valence-electron chi connectivity index (χ4n) is 5.40. The molecule has 2 aliphatic rings. The highest BCUT2D eigenvalue weighted by atomic mass is 16.6. The third kappa shape index (κ3) is 5.36. The van der Waals surface area contributed by atoms with Crippen LogP contribution in [0.15, 0.2) is 55.1 Å². The number of ether oxygens (including phenoxy) is 3. The molecule has 1 aliphatic heterocycles. The maximum atomic E-state index is 12.6. The van der Waals surface area contributed by atoms with Gasteiger partial charge < -0.3 is 35.1 Å². The molecule has 12 heteroatoms. The van der Waals surface area contributed by atoms with Gasteiger partial charge in [0.25, 0.3) is 5.91 Å². The Balaban J connectivity index is 1.28. The van der Waals surface area contributed by atoms with Gasteiger partial charge in [0.1, 0.15) is 30.0 Å². The van der Waals surface area contributed by atoms with Gasteiger partial charge >= 0.3 is 0 Å². The molecule has 0 spiro atoms. The first-order valence-corrected chi connectivity index (χ1v) is 13.9. The molecule has 1 amide bonds. The molecule has 2 fully saturated rings. The maximum absolute atomic E-state index is 12.6. The van der Waals surface area contributed by atoms with Crippen molar-refractivity contribution in [2.45, 2.75) is 56.3 Å². The van der Waals surface area contributed by atoms with Crippen molar-refractivity contribution < 1.29 is 29.2 Å². The minimum Gasteiger partial charge on any atom is -0.497 e. The Hall–Kier alpha value is -4.26. The van der Waals surface area contributed by atoms with Crippen LogP contribution in [0.5, 0.6) is 11.5 Å². The number of aromatic nitrogens is 4. The van der Waals surface area contributed by atoms with Crippen LogP contribution in [0.25, 0.3) is 11.2 Å². The zero-order chi connectivity index (χ0) is 29.4. The molecule has 3 heterocycles. The molecule has 0 radical (unpaired) electrons. The van der Waals surface area contributed by atoms with Gasteiger partial charge in [-0.15, -0.1) is 0 Å². The molecular weight excluding hydrogens is 540 g/mol. The van der Waals surface area contributed by atoms with Gasteiger partial charge in [-0.1, -0.05) is 24.3 Å². The highest BCUT2D eigenvalue weighted by molar-refractivity contribution is 5.84. The predicted molar refractivity (Wildman–Crippen MR) is 153 cm³/mol. The van der Waals surface area contributed by atoms with Gasteiger partial charge in [-0.05, 0) is 48.6 Å². The molecule has 6 rings (SSSR count). The molecule has 1 saturated heterocycles. The first kappa shape index (κ1) is 27.9. The number of rotatable bonds is 10. The molecule has 42 heavy (non-hydrogen) atoms. The fourth-order valence-corrected chi connectivity index (χ4v) is 5.40. The normalized spacial score (nSPS) is 22.6. The molecule has 220 valence electrons. The number of aliphatic hydroxyl groups excluding tert-OH is 2. The number of carbonyl (C=O) groups is 1. The van der Waals surface area contributed by atoms with E-state index in [1.54, 1.807) is 14.2 Å². The minimum atomic E-state index is -1.39. The highest BCUT2D eigenvalue weighted by Gasteiger charge is 2.48. The Morgan fingerprint density at radius 3 is 2.50 bits per heavy atom. The van der Waals surface area contributed by atoms with Crippen LogP contribution in [0, 0.1) is 6.92 Å². The third-order valence-electron chi connectivity index (χ3n) is 7.87. The van der Waals surface area contributed by atoms with E-state index in [9.17, 15) is 15.0 Å².